The monoisotopic (exact) mass is 379 g/mol. The first kappa shape index (κ1) is 18.4. The van der Waals surface area contributed by atoms with E-state index < -0.39 is 5.41 Å². The van der Waals surface area contributed by atoms with E-state index in [1.165, 1.54) is 6.07 Å². The van der Waals surface area contributed by atoms with Crippen LogP contribution in [0.25, 0.3) is 5.69 Å². The molecule has 0 bridgehead atoms. The zero-order valence-electron chi connectivity index (χ0n) is 15.5. The first-order chi connectivity index (χ1) is 13.7. The molecule has 144 valence electrons. The first-order valence-electron chi connectivity index (χ1n) is 9.37. The maximum Gasteiger partial charge on any atom is 0.231 e. The number of imidazole rings is 1. The molecule has 1 aromatic heterocycles. The normalized spacial score (nSPS) is 15.9. The van der Waals surface area contributed by atoms with E-state index in [9.17, 15) is 9.18 Å². The van der Waals surface area contributed by atoms with Crippen molar-refractivity contribution in [3.8, 4) is 5.69 Å². The second-order valence-electron chi connectivity index (χ2n) is 7.00. The summed E-state index contributed by atoms with van der Waals surface area (Å²) in [4.78, 5) is 17.1. The largest absolute Gasteiger partial charge is 0.381 e. The molecule has 2 heterocycles. The zero-order valence-corrected chi connectivity index (χ0v) is 15.5. The molecule has 1 N–H and O–H groups in total. The van der Waals surface area contributed by atoms with Crippen LogP contribution in [0.1, 0.15) is 24.0 Å². The van der Waals surface area contributed by atoms with Crippen molar-refractivity contribution in [1.82, 2.24) is 14.9 Å². The third-order valence-electron chi connectivity index (χ3n) is 5.36. The van der Waals surface area contributed by atoms with Crippen LogP contribution in [0, 0.1) is 5.82 Å². The highest BCUT2D eigenvalue weighted by molar-refractivity contribution is 5.88. The van der Waals surface area contributed by atoms with Crippen molar-refractivity contribution in [3.63, 3.8) is 0 Å². The Morgan fingerprint density at radius 1 is 1.18 bits per heavy atom. The number of carbonyl (C=O) groups excluding carboxylic acids is 1. The molecule has 0 unspecified atom stereocenters. The number of nitrogens with one attached hydrogen (secondary N) is 1. The van der Waals surface area contributed by atoms with Crippen molar-refractivity contribution >= 4 is 5.91 Å². The van der Waals surface area contributed by atoms with Crippen LogP contribution in [0.4, 0.5) is 4.39 Å². The van der Waals surface area contributed by atoms with Crippen LogP contribution in [0.15, 0.2) is 67.3 Å². The molecule has 1 saturated heterocycles. The fourth-order valence-corrected chi connectivity index (χ4v) is 3.75. The van der Waals surface area contributed by atoms with Gasteiger partial charge in [0.25, 0.3) is 0 Å². The van der Waals surface area contributed by atoms with Gasteiger partial charge >= 0.3 is 0 Å². The zero-order chi connectivity index (χ0) is 19.4. The maximum atomic E-state index is 14.5. The molecular formula is C22H22FN3O2. The Bertz CT molecular complexity index is 936. The third kappa shape index (κ3) is 3.55. The maximum absolute atomic E-state index is 14.5. The van der Waals surface area contributed by atoms with Crippen LogP contribution in [0.5, 0.6) is 0 Å². The molecule has 5 nitrogen and oxygen atoms in total. The van der Waals surface area contributed by atoms with Gasteiger partial charge in [-0.25, -0.2) is 9.37 Å². The van der Waals surface area contributed by atoms with Gasteiger partial charge in [-0.1, -0.05) is 36.4 Å². The number of aromatic nitrogens is 2. The van der Waals surface area contributed by atoms with Crippen LogP contribution in [0.2, 0.25) is 0 Å². The van der Waals surface area contributed by atoms with E-state index in [2.05, 4.69) is 10.3 Å². The van der Waals surface area contributed by atoms with Gasteiger partial charge in [0.2, 0.25) is 5.91 Å². The summed E-state index contributed by atoms with van der Waals surface area (Å²) in [6, 6.07) is 14.8. The predicted molar refractivity (Wildman–Crippen MR) is 104 cm³/mol. The average Bonchev–Trinajstić information content (AvgIpc) is 3.28. The second-order valence-corrected chi connectivity index (χ2v) is 7.00. The van der Waals surface area contributed by atoms with Gasteiger partial charge in [0.1, 0.15) is 5.82 Å². The van der Waals surface area contributed by atoms with Crippen LogP contribution in [-0.2, 0) is 21.5 Å². The van der Waals surface area contributed by atoms with Gasteiger partial charge < -0.3 is 14.6 Å². The Morgan fingerprint density at radius 3 is 2.64 bits per heavy atom. The molecule has 0 aliphatic carbocycles. The van der Waals surface area contributed by atoms with Gasteiger partial charge in [-0.2, -0.15) is 0 Å². The summed E-state index contributed by atoms with van der Waals surface area (Å²) >= 11 is 0. The average molecular weight is 379 g/mol. The Morgan fingerprint density at radius 2 is 1.96 bits per heavy atom. The summed E-state index contributed by atoms with van der Waals surface area (Å²) in [5, 5.41) is 3.01. The van der Waals surface area contributed by atoms with E-state index in [1.54, 1.807) is 29.4 Å². The molecule has 3 aromatic rings. The standard InChI is InChI=1S/C22H22FN3O2/c23-19-14-17(6-7-20(19)26-11-10-24-16-26)15-25-21(27)22(8-12-28-13-9-22)18-4-2-1-3-5-18/h1-7,10-11,14,16H,8-9,12-13,15H2,(H,25,27). The lowest BCUT2D eigenvalue weighted by atomic mass is 9.73. The molecule has 1 aliphatic heterocycles. The molecule has 0 atom stereocenters. The van der Waals surface area contributed by atoms with Crippen LogP contribution >= 0.6 is 0 Å². The minimum absolute atomic E-state index is 0.0407. The summed E-state index contributed by atoms with van der Waals surface area (Å²) in [5.41, 5.74) is 1.54. The summed E-state index contributed by atoms with van der Waals surface area (Å²) < 4.78 is 21.6. The fourth-order valence-electron chi connectivity index (χ4n) is 3.75. The van der Waals surface area contributed by atoms with Gasteiger partial charge in [0, 0.05) is 32.2 Å². The van der Waals surface area contributed by atoms with Crippen LogP contribution < -0.4 is 5.32 Å². The molecule has 4 rings (SSSR count). The van der Waals surface area contributed by atoms with Crippen molar-refractivity contribution in [1.29, 1.82) is 0 Å². The van der Waals surface area contributed by atoms with Gasteiger partial charge in [-0.05, 0) is 36.1 Å². The highest BCUT2D eigenvalue weighted by Crippen LogP contribution is 2.35. The van der Waals surface area contributed by atoms with E-state index in [4.69, 9.17) is 4.74 Å². The molecule has 0 radical (unpaired) electrons. The summed E-state index contributed by atoms with van der Waals surface area (Å²) in [6.07, 6.45) is 6.11. The molecule has 2 aromatic carbocycles. The van der Waals surface area contributed by atoms with E-state index in [1.807, 2.05) is 36.4 Å². The number of benzene rings is 2. The van der Waals surface area contributed by atoms with Gasteiger partial charge in [-0.15, -0.1) is 0 Å². The third-order valence-corrected chi connectivity index (χ3v) is 5.36. The lowest BCUT2D eigenvalue weighted by Crippen LogP contribution is -2.47. The minimum Gasteiger partial charge on any atom is -0.381 e. The number of nitrogens with zero attached hydrogens (tertiary/aromatic N) is 2. The number of carbonyl (C=O) groups is 1. The van der Waals surface area contributed by atoms with E-state index >= 15 is 0 Å². The number of rotatable bonds is 5. The van der Waals surface area contributed by atoms with E-state index in [-0.39, 0.29) is 18.3 Å². The van der Waals surface area contributed by atoms with Crippen molar-refractivity contribution in [2.75, 3.05) is 13.2 Å². The van der Waals surface area contributed by atoms with Crippen molar-refractivity contribution in [2.45, 2.75) is 24.8 Å². The number of halogens is 1. The summed E-state index contributed by atoms with van der Waals surface area (Å²) in [5.74, 6) is -0.394. The SMILES string of the molecule is O=C(NCc1ccc(-n2ccnc2)c(F)c1)C1(c2ccccc2)CCOCC1. The molecule has 28 heavy (non-hydrogen) atoms. The topological polar surface area (TPSA) is 56.2 Å². The minimum atomic E-state index is -0.602. The van der Waals surface area contributed by atoms with E-state index in [0.29, 0.717) is 37.3 Å². The Balaban J connectivity index is 1.50. The molecule has 1 fully saturated rings. The predicted octanol–water partition coefficient (Wildman–Crippen LogP) is 3.38. The molecule has 0 saturated carbocycles. The fraction of sp³-hybridized carbons (Fsp3) is 0.273. The highest BCUT2D eigenvalue weighted by Gasteiger charge is 2.41. The molecule has 1 amide bonds. The summed E-state index contributed by atoms with van der Waals surface area (Å²) in [7, 11) is 0. The van der Waals surface area contributed by atoms with Gasteiger partial charge in [0.05, 0.1) is 17.4 Å². The Hall–Kier alpha value is -2.99. The molecular weight excluding hydrogens is 357 g/mol. The molecule has 0 spiro atoms. The van der Waals surface area contributed by atoms with Crippen LogP contribution in [-0.4, -0.2) is 28.7 Å². The Kier molecular flexibility index (Phi) is 5.21. The van der Waals surface area contributed by atoms with Gasteiger partial charge in [-0.3, -0.25) is 4.79 Å². The van der Waals surface area contributed by atoms with Crippen molar-refractivity contribution < 1.29 is 13.9 Å². The summed E-state index contributed by atoms with van der Waals surface area (Å²) in [6.45, 7) is 1.38. The second kappa shape index (κ2) is 7.94. The number of amides is 1. The van der Waals surface area contributed by atoms with Crippen molar-refractivity contribution in [3.05, 3.63) is 84.2 Å². The molecule has 1 aliphatic rings. The van der Waals surface area contributed by atoms with E-state index in [0.717, 1.165) is 5.56 Å². The number of hydrogen-bond acceptors (Lipinski definition) is 3. The first-order valence-corrected chi connectivity index (χ1v) is 9.37. The highest BCUT2D eigenvalue weighted by atomic mass is 19.1. The van der Waals surface area contributed by atoms with Crippen LogP contribution in [0.3, 0.4) is 0 Å². The quantitative estimate of drug-likeness (QED) is 0.739. The smallest absolute Gasteiger partial charge is 0.231 e. The number of hydrogen-bond donors (Lipinski definition) is 1. The lowest BCUT2D eigenvalue weighted by molar-refractivity contribution is -0.130. The molecule has 6 heteroatoms. The number of ether oxygens (including phenoxy) is 1. The van der Waals surface area contributed by atoms with Crippen molar-refractivity contribution in [2.24, 2.45) is 0 Å². The van der Waals surface area contributed by atoms with Gasteiger partial charge in [0.15, 0.2) is 0 Å². The Labute approximate surface area is 163 Å². The lowest BCUT2D eigenvalue weighted by Gasteiger charge is -2.36.